The Bertz CT molecular complexity index is 748. The molecule has 0 saturated heterocycles. The monoisotopic (exact) mass is 391 g/mol. The molecule has 0 aliphatic heterocycles. The topological polar surface area (TPSA) is 70.2 Å². The molecule has 4 bridgehead atoms. The number of rotatable bonds is 5. The Morgan fingerprint density at radius 2 is 1.71 bits per heavy atom. The van der Waals surface area contributed by atoms with E-state index in [1.165, 1.54) is 31.4 Å². The zero-order valence-corrected chi connectivity index (χ0v) is 16.1. The van der Waals surface area contributed by atoms with Gasteiger partial charge in [-0.15, -0.1) is 0 Å². The molecule has 0 aromatic heterocycles. The molecule has 0 unspecified atom stereocenters. The van der Waals surface area contributed by atoms with E-state index < -0.39 is 29.6 Å². The lowest BCUT2D eigenvalue weighted by atomic mass is 9.53. The summed E-state index contributed by atoms with van der Waals surface area (Å²) in [5.41, 5.74) is 0.115. The number of halogens is 2. The molecule has 152 valence electrons. The molecule has 0 heterocycles. The predicted octanol–water partition coefficient (Wildman–Crippen LogP) is 3.41. The number of benzene rings is 1. The largest absolute Gasteiger partial charge is 0.332 e. The summed E-state index contributed by atoms with van der Waals surface area (Å²) in [6.45, 7) is 1.55. The van der Waals surface area contributed by atoms with Crippen molar-refractivity contribution in [1.29, 1.82) is 0 Å². The van der Waals surface area contributed by atoms with Crippen LogP contribution in [-0.2, 0) is 4.79 Å². The number of imide groups is 1. The van der Waals surface area contributed by atoms with Crippen molar-refractivity contribution >= 4 is 11.9 Å². The smallest absolute Gasteiger partial charge is 0.321 e. The molecular formula is C21H27F2N3O2. The third-order valence-electron chi connectivity index (χ3n) is 6.67. The first kappa shape index (κ1) is 19.3. The Morgan fingerprint density at radius 3 is 2.29 bits per heavy atom. The molecule has 3 amide bonds. The summed E-state index contributed by atoms with van der Waals surface area (Å²) in [5, 5.41) is 8.34. The van der Waals surface area contributed by atoms with E-state index in [2.05, 4.69) is 16.0 Å². The molecule has 1 atom stereocenters. The van der Waals surface area contributed by atoms with Gasteiger partial charge in [0.15, 0.2) is 0 Å². The second-order valence-electron chi connectivity index (χ2n) is 8.97. The van der Waals surface area contributed by atoms with Gasteiger partial charge in [-0.05, 0) is 69.3 Å². The molecule has 4 fully saturated rings. The van der Waals surface area contributed by atoms with Gasteiger partial charge in [-0.3, -0.25) is 10.1 Å². The maximum atomic E-state index is 13.8. The van der Waals surface area contributed by atoms with E-state index in [0.29, 0.717) is 17.8 Å². The van der Waals surface area contributed by atoms with Crippen LogP contribution in [0, 0.1) is 29.4 Å². The average Bonchev–Trinajstić information content (AvgIpc) is 2.57. The van der Waals surface area contributed by atoms with E-state index in [0.717, 1.165) is 25.3 Å². The first-order valence-corrected chi connectivity index (χ1v) is 10.1. The van der Waals surface area contributed by atoms with Crippen molar-refractivity contribution in [2.75, 3.05) is 6.54 Å². The molecule has 3 N–H and O–H groups in total. The van der Waals surface area contributed by atoms with Crippen LogP contribution in [0.4, 0.5) is 13.6 Å². The summed E-state index contributed by atoms with van der Waals surface area (Å²) in [6, 6.07) is 2.40. The minimum atomic E-state index is -0.667. The summed E-state index contributed by atoms with van der Waals surface area (Å²) in [6.07, 6.45) is 6.88. The number of carbonyl (C=O) groups excluding carboxylic acids is 2. The minimum absolute atomic E-state index is 0.133. The highest BCUT2D eigenvalue weighted by Gasteiger charge is 2.51. The third kappa shape index (κ3) is 4.04. The number of hydrogen-bond acceptors (Lipinski definition) is 3. The molecule has 0 radical (unpaired) electrons. The second-order valence-corrected chi connectivity index (χ2v) is 8.97. The van der Waals surface area contributed by atoms with Crippen molar-refractivity contribution in [3.8, 4) is 0 Å². The van der Waals surface area contributed by atoms with Gasteiger partial charge < -0.3 is 10.6 Å². The Hall–Kier alpha value is -2.02. The Kier molecular flexibility index (Phi) is 5.12. The van der Waals surface area contributed by atoms with Gasteiger partial charge in [0.2, 0.25) is 5.91 Å². The Balaban J connectivity index is 1.26. The van der Waals surface area contributed by atoms with Crippen LogP contribution in [0.3, 0.4) is 0 Å². The molecule has 5 nitrogen and oxygen atoms in total. The van der Waals surface area contributed by atoms with Gasteiger partial charge in [0.05, 0.1) is 6.54 Å². The van der Waals surface area contributed by atoms with Gasteiger partial charge in [0.1, 0.15) is 11.6 Å². The fourth-order valence-electron chi connectivity index (χ4n) is 5.92. The average molecular weight is 391 g/mol. The highest BCUT2D eigenvalue weighted by Crippen LogP contribution is 2.55. The molecule has 1 aromatic carbocycles. The number of amides is 3. The number of hydrogen-bond donors (Lipinski definition) is 3. The summed E-state index contributed by atoms with van der Waals surface area (Å²) in [7, 11) is 0. The van der Waals surface area contributed by atoms with E-state index in [-0.39, 0.29) is 17.6 Å². The van der Waals surface area contributed by atoms with E-state index in [1.807, 2.05) is 0 Å². The molecule has 4 aliphatic carbocycles. The molecule has 4 saturated carbocycles. The molecule has 28 heavy (non-hydrogen) atoms. The van der Waals surface area contributed by atoms with Crippen LogP contribution in [0.2, 0.25) is 0 Å². The van der Waals surface area contributed by atoms with Gasteiger partial charge in [-0.25, -0.2) is 13.6 Å². The Morgan fingerprint density at radius 1 is 1.11 bits per heavy atom. The molecule has 0 spiro atoms. The lowest BCUT2D eigenvalue weighted by molar-refractivity contribution is -0.119. The van der Waals surface area contributed by atoms with E-state index in [4.69, 9.17) is 0 Å². The predicted molar refractivity (Wildman–Crippen MR) is 100 cm³/mol. The van der Waals surface area contributed by atoms with Gasteiger partial charge in [-0.2, -0.15) is 0 Å². The van der Waals surface area contributed by atoms with Crippen LogP contribution in [0.5, 0.6) is 0 Å². The lowest BCUT2D eigenvalue weighted by Crippen LogP contribution is -2.62. The van der Waals surface area contributed by atoms with E-state index in [1.54, 1.807) is 6.92 Å². The highest BCUT2D eigenvalue weighted by molar-refractivity contribution is 5.95. The maximum Gasteiger partial charge on any atom is 0.321 e. The summed E-state index contributed by atoms with van der Waals surface area (Å²) in [4.78, 5) is 24.5. The second kappa shape index (κ2) is 7.43. The zero-order chi connectivity index (χ0) is 19.9. The highest BCUT2D eigenvalue weighted by atomic mass is 19.1. The SMILES string of the molecule is C[C@@H](NCC(=O)NC(=O)NC12CC3CC(CC(C3)C1)C2)c1ccc(F)cc1F. The fraction of sp³-hybridized carbons (Fsp3) is 0.619. The van der Waals surface area contributed by atoms with Crippen molar-refractivity contribution in [1.82, 2.24) is 16.0 Å². The standard InChI is InChI=1S/C21H27F2N3O2/c1-12(17-3-2-16(22)7-18(17)23)24-11-19(27)25-20(28)26-21-8-13-4-14(9-21)6-15(5-13)10-21/h2-3,7,12-15,24H,4-6,8-11H2,1H3,(H2,25,26,27,28)/t12-,13?,14?,15?,21?/m1/s1. The number of urea groups is 1. The van der Waals surface area contributed by atoms with Crippen LogP contribution in [0.15, 0.2) is 18.2 Å². The minimum Gasteiger partial charge on any atom is -0.332 e. The molecule has 1 aromatic rings. The van der Waals surface area contributed by atoms with Crippen LogP contribution in [0.1, 0.15) is 57.1 Å². The van der Waals surface area contributed by atoms with Crippen molar-refractivity contribution in [3.05, 3.63) is 35.4 Å². The van der Waals surface area contributed by atoms with Gasteiger partial charge in [0, 0.05) is 23.2 Å². The quantitative estimate of drug-likeness (QED) is 0.720. The van der Waals surface area contributed by atoms with Crippen molar-refractivity contribution < 1.29 is 18.4 Å². The maximum absolute atomic E-state index is 13.8. The third-order valence-corrected chi connectivity index (χ3v) is 6.67. The summed E-state index contributed by atoms with van der Waals surface area (Å²) in [5.74, 6) is 0.324. The number of nitrogens with one attached hydrogen (secondary N) is 3. The van der Waals surface area contributed by atoms with E-state index >= 15 is 0 Å². The van der Waals surface area contributed by atoms with Gasteiger partial charge >= 0.3 is 6.03 Å². The first-order valence-electron chi connectivity index (χ1n) is 10.1. The Labute approximate surface area is 163 Å². The molecule has 7 heteroatoms. The van der Waals surface area contributed by atoms with Crippen LogP contribution in [0.25, 0.3) is 0 Å². The van der Waals surface area contributed by atoms with Crippen molar-refractivity contribution in [2.24, 2.45) is 17.8 Å². The van der Waals surface area contributed by atoms with Crippen LogP contribution in [-0.4, -0.2) is 24.0 Å². The van der Waals surface area contributed by atoms with Crippen molar-refractivity contribution in [2.45, 2.75) is 57.0 Å². The molecule has 5 rings (SSSR count). The fourth-order valence-corrected chi connectivity index (χ4v) is 5.92. The lowest BCUT2D eigenvalue weighted by Gasteiger charge is -2.56. The normalized spacial score (nSPS) is 31.5. The van der Waals surface area contributed by atoms with Crippen LogP contribution < -0.4 is 16.0 Å². The number of carbonyl (C=O) groups is 2. The molecule has 4 aliphatic rings. The van der Waals surface area contributed by atoms with E-state index in [9.17, 15) is 18.4 Å². The zero-order valence-electron chi connectivity index (χ0n) is 16.1. The summed E-state index contributed by atoms with van der Waals surface area (Å²) < 4.78 is 26.8. The van der Waals surface area contributed by atoms with Gasteiger partial charge in [-0.1, -0.05) is 6.07 Å². The molecular weight excluding hydrogens is 364 g/mol. The summed E-state index contributed by atoms with van der Waals surface area (Å²) >= 11 is 0. The van der Waals surface area contributed by atoms with Gasteiger partial charge in [0.25, 0.3) is 0 Å². The first-order chi connectivity index (χ1) is 13.3. The van der Waals surface area contributed by atoms with Crippen LogP contribution >= 0.6 is 0 Å². The van der Waals surface area contributed by atoms with Crippen molar-refractivity contribution in [3.63, 3.8) is 0 Å².